The maximum absolute atomic E-state index is 12.8. The van der Waals surface area contributed by atoms with Crippen LogP contribution in [0.2, 0.25) is 0 Å². The highest BCUT2D eigenvalue weighted by Gasteiger charge is 2.31. The van der Waals surface area contributed by atoms with Crippen molar-refractivity contribution in [3.63, 3.8) is 0 Å². The van der Waals surface area contributed by atoms with Gasteiger partial charge in [-0.2, -0.15) is 18.3 Å². The SMILES string of the molecule is FC(F)(F)Cn1nc(C2CCOCC2)nc1CCc1cnccn1. The summed E-state index contributed by atoms with van der Waals surface area (Å²) in [5.74, 6) is 0.875. The Hall–Kier alpha value is -2.03. The van der Waals surface area contributed by atoms with Crippen molar-refractivity contribution in [1.29, 1.82) is 0 Å². The molecule has 0 bridgehead atoms. The quantitative estimate of drug-likeness (QED) is 0.835. The topological polar surface area (TPSA) is 65.7 Å². The third-order valence-corrected chi connectivity index (χ3v) is 3.90. The fraction of sp³-hybridized carbons (Fsp3) is 0.600. The third-order valence-electron chi connectivity index (χ3n) is 3.90. The molecule has 0 unspecified atom stereocenters. The normalized spacial score (nSPS) is 16.5. The van der Waals surface area contributed by atoms with E-state index < -0.39 is 12.7 Å². The van der Waals surface area contributed by atoms with Crippen molar-refractivity contribution in [1.82, 2.24) is 24.7 Å². The van der Waals surface area contributed by atoms with E-state index in [4.69, 9.17) is 4.74 Å². The maximum Gasteiger partial charge on any atom is 0.408 e. The molecule has 0 radical (unpaired) electrons. The molecule has 130 valence electrons. The van der Waals surface area contributed by atoms with Crippen LogP contribution in [0.3, 0.4) is 0 Å². The second-order valence-electron chi connectivity index (χ2n) is 5.74. The van der Waals surface area contributed by atoms with Crippen LogP contribution in [0.4, 0.5) is 13.2 Å². The second kappa shape index (κ2) is 7.25. The Kier molecular flexibility index (Phi) is 5.08. The minimum absolute atomic E-state index is 0.0588. The summed E-state index contributed by atoms with van der Waals surface area (Å²) in [5, 5.41) is 4.13. The molecule has 3 rings (SSSR count). The molecular weight excluding hydrogens is 323 g/mol. The summed E-state index contributed by atoms with van der Waals surface area (Å²) in [6.07, 6.45) is 2.66. The first-order valence-electron chi connectivity index (χ1n) is 7.84. The number of halogens is 3. The minimum Gasteiger partial charge on any atom is -0.381 e. The summed E-state index contributed by atoms with van der Waals surface area (Å²) >= 11 is 0. The molecule has 0 spiro atoms. The second-order valence-corrected chi connectivity index (χ2v) is 5.74. The van der Waals surface area contributed by atoms with Crippen LogP contribution in [-0.4, -0.2) is 44.1 Å². The highest BCUT2D eigenvalue weighted by atomic mass is 19.4. The van der Waals surface area contributed by atoms with Gasteiger partial charge in [-0.3, -0.25) is 9.97 Å². The summed E-state index contributed by atoms with van der Waals surface area (Å²) in [5.41, 5.74) is 0.715. The van der Waals surface area contributed by atoms with E-state index in [1.165, 1.54) is 0 Å². The Labute approximate surface area is 137 Å². The van der Waals surface area contributed by atoms with Crippen molar-refractivity contribution in [3.8, 4) is 0 Å². The van der Waals surface area contributed by atoms with E-state index >= 15 is 0 Å². The standard InChI is InChI=1S/C15H18F3N5O/c16-15(17,18)10-23-13(2-1-12-9-19-5-6-20-12)21-14(22-23)11-3-7-24-8-4-11/h5-6,9,11H,1-4,7-8,10H2. The van der Waals surface area contributed by atoms with Crippen molar-refractivity contribution in [2.45, 2.75) is 44.3 Å². The van der Waals surface area contributed by atoms with E-state index in [2.05, 4.69) is 20.1 Å². The van der Waals surface area contributed by atoms with Crippen LogP contribution >= 0.6 is 0 Å². The molecule has 0 atom stereocenters. The fourth-order valence-electron chi connectivity index (χ4n) is 2.70. The van der Waals surface area contributed by atoms with Gasteiger partial charge in [0.25, 0.3) is 0 Å². The molecule has 2 aromatic heterocycles. The number of alkyl halides is 3. The minimum atomic E-state index is -4.33. The average Bonchev–Trinajstić information content (AvgIpc) is 2.96. The van der Waals surface area contributed by atoms with E-state index in [-0.39, 0.29) is 5.92 Å². The van der Waals surface area contributed by atoms with E-state index in [1.807, 2.05) is 0 Å². The Morgan fingerprint density at radius 3 is 2.62 bits per heavy atom. The van der Waals surface area contributed by atoms with Crippen LogP contribution in [0, 0.1) is 0 Å². The zero-order valence-electron chi connectivity index (χ0n) is 13.0. The van der Waals surface area contributed by atoms with Gasteiger partial charge in [-0.15, -0.1) is 0 Å². The Morgan fingerprint density at radius 1 is 1.17 bits per heavy atom. The number of rotatable bonds is 5. The molecule has 0 aliphatic carbocycles. The number of nitrogens with zero attached hydrogens (tertiary/aromatic N) is 5. The first-order valence-corrected chi connectivity index (χ1v) is 7.84. The van der Waals surface area contributed by atoms with Crippen LogP contribution in [-0.2, 0) is 24.1 Å². The number of aryl methyl sites for hydroxylation is 2. The predicted molar refractivity (Wildman–Crippen MR) is 78.3 cm³/mol. The molecule has 24 heavy (non-hydrogen) atoms. The average molecular weight is 341 g/mol. The van der Waals surface area contributed by atoms with Crippen LogP contribution in [0.15, 0.2) is 18.6 Å². The van der Waals surface area contributed by atoms with Gasteiger partial charge in [0.1, 0.15) is 12.4 Å². The van der Waals surface area contributed by atoms with Crippen molar-refractivity contribution in [2.75, 3.05) is 13.2 Å². The smallest absolute Gasteiger partial charge is 0.381 e. The maximum atomic E-state index is 12.8. The molecule has 0 aromatic carbocycles. The molecule has 1 aliphatic heterocycles. The van der Waals surface area contributed by atoms with E-state index in [1.54, 1.807) is 18.6 Å². The van der Waals surface area contributed by atoms with Crippen LogP contribution in [0.25, 0.3) is 0 Å². The lowest BCUT2D eigenvalue weighted by atomic mass is 10.00. The van der Waals surface area contributed by atoms with Gasteiger partial charge in [-0.05, 0) is 19.3 Å². The van der Waals surface area contributed by atoms with Crippen molar-refractivity contribution in [3.05, 3.63) is 35.9 Å². The summed E-state index contributed by atoms with van der Waals surface area (Å²) in [4.78, 5) is 12.5. The Balaban J connectivity index is 1.77. The van der Waals surface area contributed by atoms with Crippen molar-refractivity contribution < 1.29 is 17.9 Å². The van der Waals surface area contributed by atoms with Gasteiger partial charge in [0, 0.05) is 44.1 Å². The third kappa shape index (κ3) is 4.50. The van der Waals surface area contributed by atoms with Gasteiger partial charge in [-0.1, -0.05) is 0 Å². The molecule has 1 fully saturated rings. The molecule has 0 N–H and O–H groups in total. The lowest BCUT2D eigenvalue weighted by molar-refractivity contribution is -0.143. The molecule has 0 saturated carbocycles. The zero-order chi connectivity index (χ0) is 17.0. The van der Waals surface area contributed by atoms with Gasteiger partial charge in [-0.25, -0.2) is 9.67 Å². The summed E-state index contributed by atoms with van der Waals surface area (Å²) in [7, 11) is 0. The van der Waals surface area contributed by atoms with Crippen LogP contribution < -0.4 is 0 Å². The first-order chi connectivity index (χ1) is 11.5. The summed E-state index contributed by atoms with van der Waals surface area (Å²) < 4.78 is 44.7. The monoisotopic (exact) mass is 341 g/mol. The number of aromatic nitrogens is 5. The summed E-state index contributed by atoms with van der Waals surface area (Å²) in [6, 6.07) is 0. The molecule has 1 aliphatic rings. The molecule has 0 amide bonds. The van der Waals surface area contributed by atoms with Gasteiger partial charge in [0.2, 0.25) is 0 Å². The molecule has 9 heteroatoms. The zero-order valence-corrected chi connectivity index (χ0v) is 13.0. The highest BCUT2D eigenvalue weighted by molar-refractivity contribution is 5.04. The first kappa shape index (κ1) is 16.8. The lowest BCUT2D eigenvalue weighted by Gasteiger charge is -2.18. The molecular formula is C15H18F3N5O. The molecule has 1 saturated heterocycles. The number of hydrogen-bond acceptors (Lipinski definition) is 5. The van der Waals surface area contributed by atoms with E-state index in [9.17, 15) is 13.2 Å². The highest BCUT2D eigenvalue weighted by Crippen LogP contribution is 2.26. The van der Waals surface area contributed by atoms with Crippen LogP contribution in [0.1, 0.15) is 36.1 Å². The number of hydrogen-bond donors (Lipinski definition) is 0. The van der Waals surface area contributed by atoms with Gasteiger partial charge in [0.15, 0.2) is 5.82 Å². The van der Waals surface area contributed by atoms with Gasteiger partial charge >= 0.3 is 6.18 Å². The number of ether oxygens (including phenoxy) is 1. The van der Waals surface area contributed by atoms with Crippen molar-refractivity contribution in [2.24, 2.45) is 0 Å². The largest absolute Gasteiger partial charge is 0.408 e. The van der Waals surface area contributed by atoms with Gasteiger partial charge in [0.05, 0.1) is 5.69 Å². The Bertz CT molecular complexity index is 653. The van der Waals surface area contributed by atoms with E-state index in [0.717, 1.165) is 17.5 Å². The van der Waals surface area contributed by atoms with E-state index in [0.29, 0.717) is 43.4 Å². The van der Waals surface area contributed by atoms with Gasteiger partial charge < -0.3 is 4.74 Å². The predicted octanol–water partition coefficient (Wildman–Crippen LogP) is 2.31. The molecule has 2 aromatic rings. The molecule has 3 heterocycles. The molecule has 6 nitrogen and oxygen atoms in total. The Morgan fingerprint density at radius 2 is 1.96 bits per heavy atom. The summed E-state index contributed by atoms with van der Waals surface area (Å²) in [6.45, 7) is 0.0554. The van der Waals surface area contributed by atoms with Crippen LogP contribution in [0.5, 0.6) is 0 Å². The fourth-order valence-corrected chi connectivity index (χ4v) is 2.70. The van der Waals surface area contributed by atoms with Crippen molar-refractivity contribution >= 4 is 0 Å². The lowest BCUT2D eigenvalue weighted by Crippen LogP contribution is -2.21.